The van der Waals surface area contributed by atoms with Gasteiger partial charge in [-0.3, -0.25) is 4.79 Å². The van der Waals surface area contributed by atoms with Crippen LogP contribution in [0.25, 0.3) is 22.2 Å². The minimum absolute atomic E-state index is 0.203. The van der Waals surface area contributed by atoms with E-state index in [2.05, 4.69) is 51.1 Å². The summed E-state index contributed by atoms with van der Waals surface area (Å²) in [4.78, 5) is 31.2. The van der Waals surface area contributed by atoms with E-state index in [4.69, 9.17) is 14.5 Å². The second-order valence-electron chi connectivity index (χ2n) is 8.30. The van der Waals surface area contributed by atoms with E-state index in [-0.39, 0.29) is 11.7 Å². The maximum absolute atomic E-state index is 12.7. The van der Waals surface area contributed by atoms with Crippen LogP contribution in [0.4, 0.5) is 17.2 Å². The largest absolute Gasteiger partial charge is 0.479 e. The summed E-state index contributed by atoms with van der Waals surface area (Å²) in [5.41, 5.74) is 3.98. The molecule has 9 nitrogen and oxygen atoms in total. The minimum atomic E-state index is -0.221. The van der Waals surface area contributed by atoms with Crippen molar-refractivity contribution in [2.45, 2.75) is 20.0 Å². The van der Waals surface area contributed by atoms with E-state index < -0.39 is 0 Å². The van der Waals surface area contributed by atoms with Gasteiger partial charge in [-0.05, 0) is 55.1 Å². The van der Waals surface area contributed by atoms with Crippen molar-refractivity contribution in [1.29, 1.82) is 0 Å². The Morgan fingerprint density at radius 3 is 2.85 bits per heavy atom. The number of H-pyrrole nitrogens is 1. The molecule has 9 heteroatoms. The van der Waals surface area contributed by atoms with Gasteiger partial charge in [0.25, 0.3) is 5.56 Å². The number of ether oxygens (including phenoxy) is 2. The average Bonchev–Trinajstić information content (AvgIpc) is 2.84. The molecule has 1 aliphatic heterocycles. The van der Waals surface area contributed by atoms with Gasteiger partial charge in [-0.1, -0.05) is 0 Å². The first kappa shape index (κ1) is 21.8. The van der Waals surface area contributed by atoms with Crippen molar-refractivity contribution in [3.05, 3.63) is 64.8 Å². The maximum Gasteiger partial charge on any atom is 0.259 e. The summed E-state index contributed by atoms with van der Waals surface area (Å²) in [6.45, 7) is 6.61. The summed E-state index contributed by atoms with van der Waals surface area (Å²) in [6.07, 6.45) is 4.97. The van der Waals surface area contributed by atoms with Crippen LogP contribution in [0.2, 0.25) is 0 Å². The second kappa shape index (κ2) is 9.11. The quantitative estimate of drug-likeness (QED) is 0.467. The smallest absolute Gasteiger partial charge is 0.259 e. The number of fused-ring (bicyclic) bond motifs is 1. The number of nitrogens with zero attached hydrogens (tertiary/aromatic N) is 4. The zero-order valence-corrected chi connectivity index (χ0v) is 19.3. The van der Waals surface area contributed by atoms with E-state index in [0.29, 0.717) is 28.5 Å². The van der Waals surface area contributed by atoms with E-state index in [1.54, 1.807) is 18.6 Å². The highest BCUT2D eigenvalue weighted by Crippen LogP contribution is 2.32. The molecule has 2 N–H and O–H groups in total. The van der Waals surface area contributed by atoms with E-state index in [0.717, 1.165) is 36.3 Å². The van der Waals surface area contributed by atoms with Crippen LogP contribution in [0.5, 0.6) is 5.88 Å². The lowest BCUT2D eigenvalue weighted by Gasteiger charge is -2.34. The van der Waals surface area contributed by atoms with Crippen LogP contribution >= 0.6 is 0 Å². The van der Waals surface area contributed by atoms with Crippen molar-refractivity contribution in [1.82, 2.24) is 19.9 Å². The predicted molar refractivity (Wildman–Crippen MR) is 132 cm³/mol. The van der Waals surface area contributed by atoms with Crippen molar-refractivity contribution >= 4 is 28.0 Å². The molecule has 1 saturated heterocycles. The number of methoxy groups -OCH3 is 1. The first-order valence-corrected chi connectivity index (χ1v) is 11.2. The van der Waals surface area contributed by atoms with Crippen LogP contribution in [0, 0.1) is 6.92 Å². The molecule has 0 spiro atoms. The van der Waals surface area contributed by atoms with Crippen LogP contribution in [0.15, 0.2) is 53.7 Å². The standard InChI is InChI=1S/C25H26N6O3/c1-15-12-18(4-5-20(15)31-10-11-34-16(2)14-31)29-23-21-17(6-7-27-24(21)32)13-19(30-23)22-25(33-3)28-9-8-26-22/h4-9,12-13,16H,10-11,14H2,1-3H3,(H,27,32)(H,29,30)/t16-/m1/s1. The molecule has 0 radical (unpaired) electrons. The topological polar surface area (TPSA) is 105 Å². The normalized spacial score (nSPS) is 16.0. The van der Waals surface area contributed by atoms with Crippen molar-refractivity contribution in [2.24, 2.45) is 0 Å². The third kappa shape index (κ3) is 4.17. The van der Waals surface area contributed by atoms with Crippen molar-refractivity contribution in [3.8, 4) is 17.3 Å². The molecule has 1 fully saturated rings. The Bertz CT molecular complexity index is 1400. The molecule has 1 atom stereocenters. The molecule has 174 valence electrons. The highest BCUT2D eigenvalue weighted by molar-refractivity contribution is 5.95. The van der Waals surface area contributed by atoms with Gasteiger partial charge in [0.05, 0.1) is 30.9 Å². The van der Waals surface area contributed by atoms with Gasteiger partial charge in [0.1, 0.15) is 5.82 Å². The maximum atomic E-state index is 12.7. The third-order valence-corrected chi connectivity index (χ3v) is 5.90. The highest BCUT2D eigenvalue weighted by Gasteiger charge is 2.19. The number of benzene rings is 1. The molecule has 0 amide bonds. The molecular formula is C25H26N6O3. The monoisotopic (exact) mass is 458 g/mol. The number of anilines is 3. The van der Waals surface area contributed by atoms with E-state index in [9.17, 15) is 4.79 Å². The first-order valence-electron chi connectivity index (χ1n) is 11.2. The lowest BCUT2D eigenvalue weighted by molar-refractivity contribution is 0.0532. The third-order valence-electron chi connectivity index (χ3n) is 5.90. The Morgan fingerprint density at radius 2 is 2.06 bits per heavy atom. The summed E-state index contributed by atoms with van der Waals surface area (Å²) >= 11 is 0. The van der Waals surface area contributed by atoms with E-state index >= 15 is 0 Å². The van der Waals surface area contributed by atoms with Gasteiger partial charge in [-0.15, -0.1) is 0 Å². The number of morpholine rings is 1. The molecule has 0 bridgehead atoms. The fourth-order valence-electron chi connectivity index (χ4n) is 4.34. The van der Waals surface area contributed by atoms with Crippen LogP contribution in [0.3, 0.4) is 0 Å². The Balaban J connectivity index is 1.56. The summed E-state index contributed by atoms with van der Waals surface area (Å²) in [6, 6.07) is 9.82. The Kier molecular flexibility index (Phi) is 5.85. The molecule has 4 aromatic rings. The van der Waals surface area contributed by atoms with Crippen molar-refractivity contribution < 1.29 is 9.47 Å². The molecule has 0 unspecified atom stereocenters. The number of hydrogen-bond donors (Lipinski definition) is 2. The van der Waals surface area contributed by atoms with Gasteiger partial charge in [0.2, 0.25) is 5.88 Å². The molecule has 34 heavy (non-hydrogen) atoms. The van der Waals surface area contributed by atoms with E-state index in [1.165, 1.54) is 12.8 Å². The summed E-state index contributed by atoms with van der Waals surface area (Å²) in [5, 5.41) is 4.56. The van der Waals surface area contributed by atoms with Gasteiger partial charge < -0.3 is 24.7 Å². The Labute approximate surface area is 196 Å². The molecule has 4 heterocycles. The molecule has 0 aliphatic carbocycles. The SMILES string of the molecule is COc1nccnc1-c1cc2cc[nH]c(=O)c2c(Nc2ccc(N3CCO[C@H](C)C3)c(C)c2)n1. The number of aromatic nitrogens is 4. The number of nitrogens with one attached hydrogen (secondary N) is 2. The van der Waals surface area contributed by atoms with Gasteiger partial charge in [0, 0.05) is 43.1 Å². The number of aryl methyl sites for hydroxylation is 1. The van der Waals surface area contributed by atoms with Crippen molar-refractivity contribution in [2.75, 3.05) is 37.0 Å². The van der Waals surface area contributed by atoms with Gasteiger partial charge in [-0.25, -0.2) is 15.0 Å². The van der Waals surface area contributed by atoms with Crippen LogP contribution in [-0.4, -0.2) is 52.8 Å². The molecule has 1 aliphatic rings. The molecular weight excluding hydrogens is 432 g/mol. The second-order valence-corrected chi connectivity index (χ2v) is 8.30. The van der Waals surface area contributed by atoms with Gasteiger partial charge >= 0.3 is 0 Å². The van der Waals surface area contributed by atoms with Crippen LogP contribution < -0.4 is 20.5 Å². The average molecular weight is 459 g/mol. The highest BCUT2D eigenvalue weighted by atomic mass is 16.5. The number of hydrogen-bond acceptors (Lipinski definition) is 8. The van der Waals surface area contributed by atoms with Gasteiger partial charge in [-0.2, -0.15) is 0 Å². The summed E-state index contributed by atoms with van der Waals surface area (Å²) in [7, 11) is 1.54. The predicted octanol–water partition coefficient (Wildman–Crippen LogP) is 3.67. The number of aromatic amines is 1. The first-order chi connectivity index (χ1) is 16.5. The summed E-state index contributed by atoms with van der Waals surface area (Å²) < 4.78 is 11.0. The summed E-state index contributed by atoms with van der Waals surface area (Å²) in [5.74, 6) is 0.805. The molecule has 3 aromatic heterocycles. The Hall–Kier alpha value is -3.98. The van der Waals surface area contributed by atoms with Crippen LogP contribution in [-0.2, 0) is 4.74 Å². The van der Waals surface area contributed by atoms with Crippen LogP contribution in [0.1, 0.15) is 12.5 Å². The number of pyridine rings is 2. The fraction of sp³-hybridized carbons (Fsp3) is 0.280. The zero-order valence-electron chi connectivity index (χ0n) is 19.3. The lowest BCUT2D eigenvalue weighted by Crippen LogP contribution is -2.41. The molecule has 1 aromatic carbocycles. The van der Waals surface area contributed by atoms with Gasteiger partial charge in [0.15, 0.2) is 5.69 Å². The zero-order chi connectivity index (χ0) is 23.7. The number of rotatable bonds is 5. The minimum Gasteiger partial charge on any atom is -0.479 e. The molecule has 0 saturated carbocycles. The van der Waals surface area contributed by atoms with E-state index in [1.807, 2.05) is 18.2 Å². The van der Waals surface area contributed by atoms with Crippen molar-refractivity contribution in [3.63, 3.8) is 0 Å². The fourth-order valence-corrected chi connectivity index (χ4v) is 4.34. The molecule has 5 rings (SSSR count). The Morgan fingerprint density at radius 1 is 1.21 bits per heavy atom. The lowest BCUT2D eigenvalue weighted by atomic mass is 10.1.